The second-order valence-electron chi connectivity index (χ2n) is 4.58. The topological polar surface area (TPSA) is 59.0 Å². The predicted molar refractivity (Wildman–Crippen MR) is 80.1 cm³/mol. The molecule has 0 aliphatic rings. The van der Waals surface area contributed by atoms with Crippen LogP contribution in [0.25, 0.3) is 5.69 Å². The summed E-state index contributed by atoms with van der Waals surface area (Å²) in [5.74, 6) is 0. The Kier molecular flexibility index (Phi) is 5.17. The van der Waals surface area contributed by atoms with E-state index in [9.17, 15) is 4.79 Å². The average molecular weight is 272 g/mol. The molecule has 2 rings (SSSR count). The van der Waals surface area contributed by atoms with Gasteiger partial charge in [-0.1, -0.05) is 31.9 Å². The summed E-state index contributed by atoms with van der Waals surface area (Å²) in [6.07, 6.45) is 8.55. The molecule has 0 spiro atoms. The molecule has 0 unspecified atom stereocenters. The number of aromatic nitrogens is 2. The summed E-state index contributed by atoms with van der Waals surface area (Å²) in [5, 5.41) is 5.74. The maximum absolute atomic E-state index is 11.9. The van der Waals surface area contributed by atoms with Crippen LogP contribution in [-0.4, -0.2) is 22.1 Å². The number of hydrogen-bond acceptors (Lipinski definition) is 2. The summed E-state index contributed by atoms with van der Waals surface area (Å²) >= 11 is 0. The fourth-order valence-electron chi connectivity index (χ4n) is 1.95. The molecule has 5 heteroatoms. The molecule has 0 bridgehead atoms. The van der Waals surface area contributed by atoms with E-state index < -0.39 is 0 Å². The number of para-hydroxylation sites is 2. The van der Waals surface area contributed by atoms with E-state index in [4.69, 9.17) is 0 Å². The first-order valence-electron chi connectivity index (χ1n) is 6.93. The summed E-state index contributed by atoms with van der Waals surface area (Å²) in [6.45, 7) is 2.84. The Balaban J connectivity index is 1.97. The standard InChI is InChI=1S/C15H20N4O/c1-2-3-6-9-17-15(20)18-13-7-4-5-8-14(13)19-11-10-16-12-19/h4-5,7-8,10-12H,2-3,6,9H2,1H3,(H2,17,18,20). The summed E-state index contributed by atoms with van der Waals surface area (Å²) in [7, 11) is 0. The van der Waals surface area contributed by atoms with Crippen molar-refractivity contribution in [1.82, 2.24) is 14.9 Å². The van der Waals surface area contributed by atoms with Gasteiger partial charge < -0.3 is 15.2 Å². The number of imidazole rings is 1. The summed E-state index contributed by atoms with van der Waals surface area (Å²) in [5.41, 5.74) is 1.66. The van der Waals surface area contributed by atoms with Gasteiger partial charge in [0, 0.05) is 18.9 Å². The number of anilines is 1. The fourth-order valence-corrected chi connectivity index (χ4v) is 1.95. The number of carbonyl (C=O) groups is 1. The lowest BCUT2D eigenvalue weighted by atomic mass is 10.2. The lowest BCUT2D eigenvalue weighted by molar-refractivity contribution is 0.252. The molecular formula is C15H20N4O. The molecule has 0 aliphatic heterocycles. The van der Waals surface area contributed by atoms with Gasteiger partial charge in [0.2, 0.25) is 0 Å². The molecule has 0 saturated heterocycles. The van der Waals surface area contributed by atoms with Gasteiger partial charge in [-0.05, 0) is 18.6 Å². The van der Waals surface area contributed by atoms with Gasteiger partial charge >= 0.3 is 6.03 Å². The number of carbonyl (C=O) groups excluding carboxylic acids is 1. The Morgan fingerprint density at radius 1 is 1.30 bits per heavy atom. The highest BCUT2D eigenvalue weighted by atomic mass is 16.2. The molecule has 0 atom stereocenters. The zero-order chi connectivity index (χ0) is 14.2. The molecule has 20 heavy (non-hydrogen) atoms. The highest BCUT2D eigenvalue weighted by Gasteiger charge is 2.06. The molecule has 5 nitrogen and oxygen atoms in total. The SMILES string of the molecule is CCCCCNC(=O)Nc1ccccc1-n1ccnc1. The molecule has 2 N–H and O–H groups in total. The van der Waals surface area contributed by atoms with E-state index in [-0.39, 0.29) is 6.03 Å². The van der Waals surface area contributed by atoms with Crippen molar-refractivity contribution in [1.29, 1.82) is 0 Å². The molecule has 0 fully saturated rings. The Labute approximate surface area is 119 Å². The molecule has 0 aliphatic carbocycles. The monoisotopic (exact) mass is 272 g/mol. The van der Waals surface area contributed by atoms with E-state index in [2.05, 4.69) is 22.5 Å². The molecule has 1 aromatic carbocycles. The minimum Gasteiger partial charge on any atom is -0.338 e. The molecule has 1 aromatic heterocycles. The number of nitrogens with zero attached hydrogens (tertiary/aromatic N) is 2. The maximum atomic E-state index is 11.9. The Morgan fingerprint density at radius 3 is 2.90 bits per heavy atom. The van der Waals surface area contributed by atoms with Crippen molar-refractivity contribution < 1.29 is 4.79 Å². The average Bonchev–Trinajstić information content (AvgIpc) is 2.98. The zero-order valence-electron chi connectivity index (χ0n) is 11.7. The van der Waals surface area contributed by atoms with Gasteiger partial charge in [-0.15, -0.1) is 0 Å². The van der Waals surface area contributed by atoms with Crippen molar-refractivity contribution in [3.8, 4) is 5.69 Å². The van der Waals surface area contributed by atoms with Crippen LogP contribution < -0.4 is 10.6 Å². The zero-order valence-corrected chi connectivity index (χ0v) is 11.7. The van der Waals surface area contributed by atoms with E-state index >= 15 is 0 Å². The van der Waals surface area contributed by atoms with Gasteiger partial charge in [-0.25, -0.2) is 9.78 Å². The highest BCUT2D eigenvalue weighted by Crippen LogP contribution is 2.19. The number of nitrogens with one attached hydrogen (secondary N) is 2. The van der Waals surface area contributed by atoms with Gasteiger partial charge in [-0.3, -0.25) is 0 Å². The minimum absolute atomic E-state index is 0.173. The van der Waals surface area contributed by atoms with Crippen molar-refractivity contribution in [2.75, 3.05) is 11.9 Å². The Morgan fingerprint density at radius 2 is 2.15 bits per heavy atom. The van der Waals surface area contributed by atoms with Crippen molar-refractivity contribution in [3.05, 3.63) is 43.0 Å². The van der Waals surface area contributed by atoms with Crippen LogP contribution in [0, 0.1) is 0 Å². The Bertz CT molecular complexity index is 537. The minimum atomic E-state index is -0.173. The molecular weight excluding hydrogens is 252 g/mol. The lowest BCUT2D eigenvalue weighted by Gasteiger charge is -2.12. The number of urea groups is 1. The van der Waals surface area contributed by atoms with Crippen LogP contribution in [0.5, 0.6) is 0 Å². The third kappa shape index (κ3) is 3.85. The molecule has 0 saturated carbocycles. The quantitative estimate of drug-likeness (QED) is 0.793. The van der Waals surface area contributed by atoms with Gasteiger partial charge in [0.05, 0.1) is 17.7 Å². The van der Waals surface area contributed by atoms with Crippen LogP contribution in [-0.2, 0) is 0 Å². The first kappa shape index (κ1) is 14.1. The smallest absolute Gasteiger partial charge is 0.319 e. The number of benzene rings is 1. The van der Waals surface area contributed by atoms with E-state index in [1.807, 2.05) is 35.0 Å². The summed E-state index contributed by atoms with van der Waals surface area (Å²) < 4.78 is 1.87. The van der Waals surface area contributed by atoms with Crippen LogP contribution in [0.1, 0.15) is 26.2 Å². The van der Waals surface area contributed by atoms with Crippen LogP contribution in [0.3, 0.4) is 0 Å². The van der Waals surface area contributed by atoms with E-state index in [0.29, 0.717) is 6.54 Å². The van der Waals surface area contributed by atoms with Crippen molar-refractivity contribution in [3.63, 3.8) is 0 Å². The number of unbranched alkanes of at least 4 members (excludes halogenated alkanes) is 2. The fraction of sp³-hybridized carbons (Fsp3) is 0.333. The molecule has 2 amide bonds. The van der Waals surface area contributed by atoms with Crippen molar-refractivity contribution in [2.45, 2.75) is 26.2 Å². The number of rotatable bonds is 6. The van der Waals surface area contributed by atoms with Crippen molar-refractivity contribution >= 4 is 11.7 Å². The van der Waals surface area contributed by atoms with Gasteiger partial charge in [0.25, 0.3) is 0 Å². The van der Waals surface area contributed by atoms with Gasteiger partial charge in [0.15, 0.2) is 0 Å². The van der Waals surface area contributed by atoms with Crippen LogP contribution in [0.4, 0.5) is 10.5 Å². The maximum Gasteiger partial charge on any atom is 0.319 e. The highest BCUT2D eigenvalue weighted by molar-refractivity contribution is 5.91. The Hall–Kier alpha value is -2.30. The number of hydrogen-bond donors (Lipinski definition) is 2. The predicted octanol–water partition coefficient (Wildman–Crippen LogP) is 3.18. The second-order valence-corrected chi connectivity index (χ2v) is 4.58. The molecule has 2 aromatic rings. The summed E-state index contributed by atoms with van der Waals surface area (Å²) in [4.78, 5) is 15.9. The second kappa shape index (κ2) is 7.33. The van der Waals surface area contributed by atoms with E-state index in [0.717, 1.165) is 30.6 Å². The van der Waals surface area contributed by atoms with E-state index in [1.165, 1.54) is 0 Å². The third-order valence-electron chi connectivity index (χ3n) is 3.00. The van der Waals surface area contributed by atoms with E-state index in [1.54, 1.807) is 12.5 Å². The summed E-state index contributed by atoms with van der Waals surface area (Å²) in [6, 6.07) is 7.47. The largest absolute Gasteiger partial charge is 0.338 e. The molecule has 1 heterocycles. The molecule has 0 radical (unpaired) electrons. The number of amides is 2. The molecule has 106 valence electrons. The van der Waals surface area contributed by atoms with Crippen LogP contribution >= 0.6 is 0 Å². The first-order chi connectivity index (χ1) is 9.81. The van der Waals surface area contributed by atoms with Crippen LogP contribution in [0.2, 0.25) is 0 Å². The van der Waals surface area contributed by atoms with Crippen molar-refractivity contribution in [2.24, 2.45) is 0 Å². The van der Waals surface area contributed by atoms with Gasteiger partial charge in [0.1, 0.15) is 0 Å². The normalized spacial score (nSPS) is 10.2. The third-order valence-corrected chi connectivity index (χ3v) is 3.00. The first-order valence-corrected chi connectivity index (χ1v) is 6.93. The lowest BCUT2D eigenvalue weighted by Crippen LogP contribution is -2.29. The van der Waals surface area contributed by atoms with Crippen LogP contribution in [0.15, 0.2) is 43.0 Å². The van der Waals surface area contributed by atoms with Gasteiger partial charge in [-0.2, -0.15) is 0 Å².